The van der Waals surface area contributed by atoms with Crippen LogP contribution in [0.1, 0.15) is 39.2 Å². The van der Waals surface area contributed by atoms with Crippen molar-refractivity contribution in [2.45, 2.75) is 39.7 Å². The van der Waals surface area contributed by atoms with Crippen LogP contribution in [0.25, 0.3) is 0 Å². The van der Waals surface area contributed by atoms with Gasteiger partial charge in [-0.05, 0) is 51.0 Å². The molecular formula is C26H29N5O4. The van der Waals surface area contributed by atoms with Crippen LogP contribution in [0.3, 0.4) is 0 Å². The highest BCUT2D eigenvalue weighted by Gasteiger charge is 2.58. The Hall–Kier alpha value is -4.03. The number of nitrogens with zero attached hydrogens (tertiary/aromatic N) is 4. The second kappa shape index (κ2) is 10.5. The molecule has 1 amide bonds. The number of carbonyl (C=O) groups is 1. The van der Waals surface area contributed by atoms with E-state index in [1.54, 1.807) is 31.2 Å². The molecule has 1 aromatic rings. The number of hydrogen-bond acceptors (Lipinski definition) is 8. The van der Waals surface area contributed by atoms with Crippen molar-refractivity contribution in [3.63, 3.8) is 0 Å². The van der Waals surface area contributed by atoms with Gasteiger partial charge in [-0.1, -0.05) is 12.1 Å². The number of fused-ring (bicyclic) bond motifs is 1. The van der Waals surface area contributed by atoms with Crippen molar-refractivity contribution in [1.82, 2.24) is 4.90 Å². The Kier molecular flexibility index (Phi) is 7.67. The molecule has 0 radical (unpaired) electrons. The maximum absolute atomic E-state index is 12.5. The zero-order chi connectivity index (χ0) is 25.8. The molecule has 3 atom stereocenters. The van der Waals surface area contributed by atoms with Gasteiger partial charge in [-0.3, -0.25) is 0 Å². The molecular weight excluding hydrogens is 446 g/mol. The van der Waals surface area contributed by atoms with E-state index in [-0.39, 0.29) is 31.5 Å². The molecule has 0 spiro atoms. The van der Waals surface area contributed by atoms with Crippen molar-refractivity contribution < 1.29 is 19.0 Å². The summed E-state index contributed by atoms with van der Waals surface area (Å²) in [5, 5.41) is 39.1. The summed E-state index contributed by atoms with van der Waals surface area (Å²) in [5.41, 5.74) is -0.910. The standard InChI is InChI=1S/C26H29N5O4/c1-5-33-22-11-17(7-8-21(22)35-16(3)4)23-20-13-31(25(32)34-6-2)10-9-18(20)19(12-27)24(30)26(23,14-28)15-29/h7-9,11,16,19-20,23,30H,5-6,10,13H2,1-4H3/t19-,20+,23-/m1/s1. The van der Waals surface area contributed by atoms with Gasteiger partial charge >= 0.3 is 6.09 Å². The summed E-state index contributed by atoms with van der Waals surface area (Å²) in [4.78, 5) is 14.0. The Balaban J connectivity index is 2.21. The van der Waals surface area contributed by atoms with Crippen LogP contribution in [0, 0.1) is 56.7 Å². The van der Waals surface area contributed by atoms with Gasteiger partial charge < -0.3 is 24.5 Å². The van der Waals surface area contributed by atoms with Crippen LogP contribution in [0.2, 0.25) is 0 Å². The SMILES string of the molecule is CCOC(=O)N1CC=C2[C@@H](C#N)C(=N)C(C#N)(C#N)[C@H](c3ccc(OC(C)C)c(OCC)c3)[C@H]2C1. The number of nitriles is 3. The minimum atomic E-state index is -1.90. The lowest BCUT2D eigenvalue weighted by Crippen LogP contribution is -2.53. The fourth-order valence-corrected chi connectivity index (χ4v) is 4.89. The highest BCUT2D eigenvalue weighted by atomic mass is 16.6. The highest BCUT2D eigenvalue weighted by molar-refractivity contribution is 6.01. The van der Waals surface area contributed by atoms with Crippen molar-refractivity contribution in [2.75, 3.05) is 26.3 Å². The summed E-state index contributed by atoms with van der Waals surface area (Å²) in [6.07, 6.45) is 1.15. The molecule has 3 rings (SSSR count). The van der Waals surface area contributed by atoms with Gasteiger partial charge in [-0.2, -0.15) is 15.8 Å². The van der Waals surface area contributed by atoms with Crippen molar-refractivity contribution in [3.05, 3.63) is 35.4 Å². The van der Waals surface area contributed by atoms with Crippen LogP contribution in [-0.2, 0) is 4.74 Å². The van der Waals surface area contributed by atoms with Crippen LogP contribution < -0.4 is 9.47 Å². The van der Waals surface area contributed by atoms with E-state index < -0.39 is 29.3 Å². The van der Waals surface area contributed by atoms with Gasteiger partial charge in [0.2, 0.25) is 0 Å². The van der Waals surface area contributed by atoms with E-state index in [2.05, 4.69) is 18.2 Å². The minimum absolute atomic E-state index is 0.0948. The van der Waals surface area contributed by atoms with Crippen molar-refractivity contribution in [2.24, 2.45) is 17.3 Å². The third-order valence-corrected chi connectivity index (χ3v) is 6.31. The van der Waals surface area contributed by atoms with Crippen molar-refractivity contribution in [3.8, 4) is 29.7 Å². The molecule has 9 nitrogen and oxygen atoms in total. The number of benzene rings is 1. The quantitative estimate of drug-likeness (QED) is 0.608. The molecule has 9 heteroatoms. The molecule has 1 heterocycles. The fraction of sp³-hybridized carbons (Fsp3) is 0.500. The third-order valence-electron chi connectivity index (χ3n) is 6.31. The molecule has 1 saturated carbocycles. The summed E-state index contributed by atoms with van der Waals surface area (Å²) >= 11 is 0. The van der Waals surface area contributed by atoms with Gasteiger partial charge in [0.25, 0.3) is 0 Å². The molecule has 0 unspecified atom stereocenters. The predicted molar refractivity (Wildman–Crippen MR) is 127 cm³/mol. The molecule has 0 saturated heterocycles. The predicted octanol–water partition coefficient (Wildman–Crippen LogP) is 4.18. The second-order valence-electron chi connectivity index (χ2n) is 8.71. The van der Waals surface area contributed by atoms with E-state index >= 15 is 0 Å². The fourth-order valence-electron chi connectivity index (χ4n) is 4.89. The van der Waals surface area contributed by atoms with Crippen molar-refractivity contribution >= 4 is 11.8 Å². The zero-order valence-electron chi connectivity index (χ0n) is 20.4. The number of ether oxygens (including phenoxy) is 3. The van der Waals surface area contributed by atoms with Gasteiger partial charge in [0.1, 0.15) is 5.92 Å². The molecule has 1 aliphatic carbocycles. The Morgan fingerprint density at radius 3 is 2.49 bits per heavy atom. The zero-order valence-corrected chi connectivity index (χ0v) is 20.4. The van der Waals surface area contributed by atoms with Gasteiger partial charge in [-0.25, -0.2) is 4.79 Å². The Morgan fingerprint density at radius 2 is 1.91 bits per heavy atom. The van der Waals surface area contributed by atoms with E-state index in [0.29, 0.717) is 29.2 Å². The van der Waals surface area contributed by atoms with Gasteiger partial charge in [0.05, 0.1) is 43.2 Å². The average molecular weight is 476 g/mol. The Bertz CT molecular complexity index is 1140. The molecule has 1 aliphatic heterocycles. The molecule has 1 N–H and O–H groups in total. The molecule has 0 aromatic heterocycles. The largest absolute Gasteiger partial charge is 0.490 e. The Labute approximate surface area is 205 Å². The van der Waals surface area contributed by atoms with Crippen LogP contribution in [-0.4, -0.2) is 49.1 Å². The number of rotatable bonds is 6. The van der Waals surface area contributed by atoms with Gasteiger partial charge in [0, 0.05) is 24.9 Å². The van der Waals surface area contributed by atoms with Crippen LogP contribution in [0.5, 0.6) is 11.5 Å². The lowest BCUT2D eigenvalue weighted by Gasteiger charge is -2.47. The lowest BCUT2D eigenvalue weighted by atomic mass is 9.54. The first-order valence-electron chi connectivity index (χ1n) is 11.6. The molecule has 182 valence electrons. The summed E-state index contributed by atoms with van der Waals surface area (Å²) in [5.74, 6) is -1.39. The molecule has 2 aliphatic rings. The summed E-state index contributed by atoms with van der Waals surface area (Å²) in [6, 6.07) is 11.4. The summed E-state index contributed by atoms with van der Waals surface area (Å²) < 4.78 is 16.8. The number of amides is 1. The van der Waals surface area contributed by atoms with Crippen LogP contribution >= 0.6 is 0 Å². The highest BCUT2D eigenvalue weighted by Crippen LogP contribution is 2.54. The monoisotopic (exact) mass is 475 g/mol. The first-order valence-corrected chi connectivity index (χ1v) is 11.6. The summed E-state index contributed by atoms with van der Waals surface area (Å²) in [7, 11) is 0. The minimum Gasteiger partial charge on any atom is -0.490 e. The second-order valence-corrected chi connectivity index (χ2v) is 8.71. The number of nitrogens with one attached hydrogen (secondary N) is 1. The smallest absolute Gasteiger partial charge is 0.410 e. The molecule has 1 fully saturated rings. The maximum atomic E-state index is 12.5. The average Bonchev–Trinajstić information content (AvgIpc) is 2.84. The summed E-state index contributed by atoms with van der Waals surface area (Å²) in [6.45, 7) is 8.31. The van der Waals surface area contributed by atoms with Gasteiger partial charge in [0.15, 0.2) is 16.9 Å². The number of hydrogen-bond donors (Lipinski definition) is 1. The number of carbonyl (C=O) groups excluding carboxylic acids is 1. The van der Waals surface area contributed by atoms with E-state index in [1.165, 1.54) is 4.90 Å². The first-order chi connectivity index (χ1) is 16.8. The first kappa shape index (κ1) is 25.6. The normalized spacial score (nSPS) is 22.7. The van der Waals surface area contributed by atoms with E-state index in [4.69, 9.17) is 19.6 Å². The van der Waals surface area contributed by atoms with Crippen LogP contribution in [0.4, 0.5) is 4.79 Å². The van der Waals surface area contributed by atoms with E-state index in [9.17, 15) is 20.6 Å². The van der Waals surface area contributed by atoms with E-state index in [0.717, 1.165) is 0 Å². The Morgan fingerprint density at radius 1 is 1.20 bits per heavy atom. The lowest BCUT2D eigenvalue weighted by molar-refractivity contribution is 0.0992. The van der Waals surface area contributed by atoms with E-state index in [1.807, 2.05) is 20.8 Å². The van der Waals surface area contributed by atoms with Crippen LogP contribution in [0.15, 0.2) is 29.8 Å². The van der Waals surface area contributed by atoms with Gasteiger partial charge in [-0.15, -0.1) is 0 Å². The maximum Gasteiger partial charge on any atom is 0.410 e. The van der Waals surface area contributed by atoms with Crippen molar-refractivity contribution in [1.29, 1.82) is 21.2 Å². The molecule has 35 heavy (non-hydrogen) atoms. The topological polar surface area (TPSA) is 143 Å². The molecule has 0 bridgehead atoms. The molecule has 1 aromatic carbocycles. The third kappa shape index (κ3) is 4.53.